The van der Waals surface area contributed by atoms with E-state index in [9.17, 15) is 4.39 Å². The summed E-state index contributed by atoms with van der Waals surface area (Å²) in [7, 11) is 0. The van der Waals surface area contributed by atoms with Crippen LogP contribution in [0.5, 0.6) is 0 Å². The molecule has 1 nitrogen and oxygen atoms in total. The van der Waals surface area contributed by atoms with Crippen LogP contribution in [0.1, 0.15) is 18.4 Å². The van der Waals surface area contributed by atoms with Gasteiger partial charge < -0.3 is 5.32 Å². The van der Waals surface area contributed by atoms with Crippen LogP contribution >= 0.6 is 15.9 Å². The fourth-order valence-electron chi connectivity index (χ4n) is 1.33. The molecule has 0 bridgehead atoms. The van der Waals surface area contributed by atoms with Crippen molar-refractivity contribution in [3.63, 3.8) is 0 Å². The van der Waals surface area contributed by atoms with Gasteiger partial charge in [-0.3, -0.25) is 0 Å². The van der Waals surface area contributed by atoms with Gasteiger partial charge in [0, 0.05) is 17.6 Å². The molecule has 0 saturated heterocycles. The number of benzene rings is 1. The lowest BCUT2D eigenvalue weighted by Gasteiger charge is -2.12. The number of rotatable bonds is 5. The van der Waals surface area contributed by atoms with Crippen molar-refractivity contribution < 1.29 is 4.39 Å². The van der Waals surface area contributed by atoms with Crippen molar-refractivity contribution in [2.75, 3.05) is 13.1 Å². The summed E-state index contributed by atoms with van der Waals surface area (Å²) < 4.78 is 13.6. The van der Waals surface area contributed by atoms with Crippen molar-refractivity contribution in [1.29, 1.82) is 0 Å². The fraction of sp³-hybridized carbons (Fsp3) is 0.333. The van der Waals surface area contributed by atoms with Crippen LogP contribution in [-0.2, 0) is 0 Å². The lowest BCUT2D eigenvalue weighted by atomic mass is 10.0. The molecule has 0 aliphatic heterocycles. The zero-order valence-corrected chi connectivity index (χ0v) is 10.3. The lowest BCUT2D eigenvalue weighted by Crippen LogP contribution is -2.21. The van der Waals surface area contributed by atoms with E-state index in [-0.39, 0.29) is 5.82 Å². The molecule has 0 aromatic heterocycles. The second-order valence-corrected chi connectivity index (χ2v) is 4.72. The molecule has 1 unspecified atom stereocenters. The molecule has 3 heteroatoms. The Kier molecular flexibility index (Phi) is 4.99. The van der Waals surface area contributed by atoms with Crippen molar-refractivity contribution in [2.24, 2.45) is 0 Å². The van der Waals surface area contributed by atoms with Crippen LogP contribution in [0.25, 0.3) is 0 Å². The minimum Gasteiger partial charge on any atom is -0.312 e. The average Bonchev–Trinajstić information content (AvgIpc) is 2.18. The van der Waals surface area contributed by atoms with Crippen molar-refractivity contribution >= 4 is 15.9 Å². The second-order valence-electron chi connectivity index (χ2n) is 3.60. The van der Waals surface area contributed by atoms with Crippen LogP contribution in [0.15, 0.2) is 35.3 Å². The molecule has 1 aromatic carbocycles. The van der Waals surface area contributed by atoms with E-state index in [0.717, 1.165) is 23.1 Å². The van der Waals surface area contributed by atoms with E-state index in [0.29, 0.717) is 5.92 Å². The van der Waals surface area contributed by atoms with E-state index in [1.165, 1.54) is 12.1 Å². The van der Waals surface area contributed by atoms with E-state index in [1.807, 2.05) is 12.1 Å². The van der Waals surface area contributed by atoms with Gasteiger partial charge in [-0.05, 0) is 23.6 Å². The maximum absolute atomic E-state index is 12.7. The maximum atomic E-state index is 12.7. The van der Waals surface area contributed by atoms with Gasteiger partial charge in [-0.15, -0.1) is 0 Å². The van der Waals surface area contributed by atoms with E-state index in [2.05, 4.69) is 34.7 Å². The Morgan fingerprint density at radius 2 is 2.07 bits per heavy atom. The minimum absolute atomic E-state index is 0.187. The van der Waals surface area contributed by atoms with Crippen LogP contribution in [-0.4, -0.2) is 13.1 Å². The molecule has 0 fully saturated rings. The SMILES string of the molecule is C=C(Br)CNCC(C)c1ccc(F)cc1. The number of hydrogen-bond acceptors (Lipinski definition) is 1. The van der Waals surface area contributed by atoms with Crippen LogP contribution in [0, 0.1) is 5.82 Å². The Hall–Kier alpha value is -0.670. The monoisotopic (exact) mass is 271 g/mol. The zero-order chi connectivity index (χ0) is 11.3. The highest BCUT2D eigenvalue weighted by Gasteiger charge is 2.04. The van der Waals surface area contributed by atoms with Gasteiger partial charge in [-0.25, -0.2) is 4.39 Å². The lowest BCUT2D eigenvalue weighted by molar-refractivity contribution is 0.620. The van der Waals surface area contributed by atoms with Crippen molar-refractivity contribution in [3.8, 4) is 0 Å². The summed E-state index contributed by atoms with van der Waals surface area (Å²) in [6, 6.07) is 6.64. The Labute approximate surface area is 98.5 Å². The third kappa shape index (κ3) is 4.58. The van der Waals surface area contributed by atoms with Crippen molar-refractivity contribution in [1.82, 2.24) is 5.32 Å². The molecule has 1 atom stereocenters. The molecule has 0 aliphatic carbocycles. The van der Waals surface area contributed by atoms with E-state index >= 15 is 0 Å². The molecule has 82 valence electrons. The summed E-state index contributed by atoms with van der Waals surface area (Å²) in [6.07, 6.45) is 0. The molecule has 0 saturated carbocycles. The topological polar surface area (TPSA) is 12.0 Å². The first-order chi connectivity index (χ1) is 7.09. The Balaban J connectivity index is 2.43. The van der Waals surface area contributed by atoms with E-state index in [4.69, 9.17) is 0 Å². The van der Waals surface area contributed by atoms with Crippen LogP contribution < -0.4 is 5.32 Å². The first kappa shape index (κ1) is 12.4. The van der Waals surface area contributed by atoms with Gasteiger partial charge in [-0.2, -0.15) is 0 Å². The number of hydrogen-bond donors (Lipinski definition) is 1. The van der Waals surface area contributed by atoms with Gasteiger partial charge in [0.1, 0.15) is 5.82 Å². The van der Waals surface area contributed by atoms with Crippen LogP contribution in [0.4, 0.5) is 4.39 Å². The summed E-state index contributed by atoms with van der Waals surface area (Å²) in [5.74, 6) is 0.185. The van der Waals surface area contributed by atoms with Crippen LogP contribution in [0.2, 0.25) is 0 Å². The highest BCUT2D eigenvalue weighted by Crippen LogP contribution is 2.14. The summed E-state index contributed by atoms with van der Waals surface area (Å²) in [5.41, 5.74) is 1.14. The van der Waals surface area contributed by atoms with Gasteiger partial charge in [0.05, 0.1) is 0 Å². The fourth-order valence-corrected chi connectivity index (χ4v) is 1.53. The summed E-state index contributed by atoms with van der Waals surface area (Å²) >= 11 is 3.28. The first-order valence-corrected chi connectivity index (χ1v) is 5.68. The highest BCUT2D eigenvalue weighted by atomic mass is 79.9. The molecule has 1 rings (SSSR count). The number of nitrogens with one attached hydrogen (secondary N) is 1. The van der Waals surface area contributed by atoms with Gasteiger partial charge in [0.15, 0.2) is 0 Å². The third-order valence-corrected chi connectivity index (χ3v) is 2.49. The van der Waals surface area contributed by atoms with Crippen LogP contribution in [0.3, 0.4) is 0 Å². The molecule has 0 radical (unpaired) electrons. The largest absolute Gasteiger partial charge is 0.312 e. The minimum atomic E-state index is -0.187. The molecule has 0 aliphatic rings. The first-order valence-electron chi connectivity index (χ1n) is 4.89. The number of halogens is 2. The van der Waals surface area contributed by atoms with Crippen molar-refractivity contribution in [3.05, 3.63) is 46.7 Å². The summed E-state index contributed by atoms with van der Waals surface area (Å²) in [4.78, 5) is 0. The highest BCUT2D eigenvalue weighted by molar-refractivity contribution is 9.11. The molecule has 0 amide bonds. The standard InChI is InChI=1S/C12H15BrFN/c1-9(7-15-8-10(2)13)11-3-5-12(14)6-4-11/h3-6,9,15H,2,7-8H2,1H3. The Bertz CT molecular complexity index is 321. The quantitative estimate of drug-likeness (QED) is 0.866. The van der Waals surface area contributed by atoms with Gasteiger partial charge in [0.25, 0.3) is 0 Å². The van der Waals surface area contributed by atoms with Gasteiger partial charge in [-0.1, -0.05) is 41.6 Å². The smallest absolute Gasteiger partial charge is 0.123 e. The zero-order valence-electron chi connectivity index (χ0n) is 8.76. The normalized spacial score (nSPS) is 12.5. The summed E-state index contributed by atoms with van der Waals surface area (Å²) in [6.45, 7) is 7.46. The molecule has 1 aromatic rings. The van der Waals surface area contributed by atoms with Gasteiger partial charge in [0.2, 0.25) is 0 Å². The summed E-state index contributed by atoms with van der Waals surface area (Å²) in [5, 5.41) is 3.26. The predicted octanol–water partition coefficient (Wildman–Crippen LogP) is 3.43. The molecule has 15 heavy (non-hydrogen) atoms. The Morgan fingerprint density at radius 3 is 2.60 bits per heavy atom. The van der Waals surface area contributed by atoms with Crippen molar-refractivity contribution in [2.45, 2.75) is 12.8 Å². The molecule has 0 heterocycles. The Morgan fingerprint density at radius 1 is 1.47 bits per heavy atom. The van der Waals surface area contributed by atoms with E-state index < -0.39 is 0 Å². The van der Waals surface area contributed by atoms with Gasteiger partial charge >= 0.3 is 0 Å². The van der Waals surface area contributed by atoms with E-state index in [1.54, 1.807) is 0 Å². The average molecular weight is 272 g/mol. The second kappa shape index (κ2) is 6.03. The predicted molar refractivity (Wildman–Crippen MR) is 65.8 cm³/mol. The molecular formula is C12H15BrFN. The molecule has 0 spiro atoms. The third-order valence-electron chi connectivity index (χ3n) is 2.21. The molecular weight excluding hydrogens is 257 g/mol. The maximum Gasteiger partial charge on any atom is 0.123 e. The molecule has 1 N–H and O–H groups in total.